The summed E-state index contributed by atoms with van der Waals surface area (Å²) in [4.78, 5) is -0.0926. The number of anilines is 1. The van der Waals surface area contributed by atoms with E-state index in [1.165, 1.54) is 50.2 Å². The lowest BCUT2D eigenvalue weighted by atomic mass is 10.3. The lowest BCUT2D eigenvalue weighted by Gasteiger charge is -2.12. The first-order chi connectivity index (χ1) is 13.0. The molecule has 0 aliphatic rings. The van der Waals surface area contributed by atoms with Crippen LogP contribution in [0.5, 0.6) is 0 Å². The highest BCUT2D eigenvalue weighted by molar-refractivity contribution is 7.93. The highest BCUT2D eigenvalue weighted by Gasteiger charge is 2.28. The van der Waals surface area contributed by atoms with E-state index in [0.717, 1.165) is 3.97 Å². The van der Waals surface area contributed by atoms with Gasteiger partial charge in [-0.1, -0.05) is 41.4 Å². The van der Waals surface area contributed by atoms with Crippen LogP contribution in [0.3, 0.4) is 0 Å². The molecule has 0 spiro atoms. The van der Waals surface area contributed by atoms with Gasteiger partial charge in [-0.2, -0.15) is 0 Å². The summed E-state index contributed by atoms with van der Waals surface area (Å²) >= 11 is 11.9. The zero-order chi connectivity index (χ0) is 20.7. The van der Waals surface area contributed by atoms with Crippen molar-refractivity contribution in [1.29, 1.82) is 0 Å². The van der Waals surface area contributed by atoms with Gasteiger partial charge in [0.1, 0.15) is 4.90 Å². The molecule has 148 valence electrons. The molecule has 0 aliphatic carbocycles. The minimum Gasteiger partial charge on any atom is -0.278 e. The Bertz CT molecular complexity index is 1250. The van der Waals surface area contributed by atoms with Gasteiger partial charge in [0, 0.05) is 10.7 Å². The molecule has 0 saturated heterocycles. The minimum atomic E-state index is -4.09. The first-order valence-corrected chi connectivity index (χ1v) is 11.7. The first-order valence-electron chi connectivity index (χ1n) is 8.01. The van der Waals surface area contributed by atoms with Gasteiger partial charge < -0.3 is 0 Å². The summed E-state index contributed by atoms with van der Waals surface area (Å²) in [5.41, 5.74) is 0.477. The summed E-state index contributed by atoms with van der Waals surface area (Å²) in [6.07, 6.45) is 0. The Morgan fingerprint density at radius 1 is 0.893 bits per heavy atom. The molecule has 1 N–H and O–H groups in total. The van der Waals surface area contributed by atoms with Gasteiger partial charge in [0.25, 0.3) is 20.0 Å². The molecule has 0 bridgehead atoms. The monoisotopic (exact) mass is 458 g/mol. The number of hydrogen-bond donors (Lipinski definition) is 1. The van der Waals surface area contributed by atoms with Crippen LogP contribution in [0.15, 0.2) is 64.4 Å². The second-order valence-corrected chi connectivity index (χ2v) is 10.3. The number of nitrogens with one attached hydrogen (secondary N) is 1. The molecule has 0 unspecified atom stereocenters. The van der Waals surface area contributed by atoms with Crippen molar-refractivity contribution >= 4 is 48.9 Å². The van der Waals surface area contributed by atoms with Crippen LogP contribution in [-0.2, 0) is 20.0 Å². The molecule has 3 aromatic rings. The fourth-order valence-corrected chi connectivity index (χ4v) is 6.38. The molecule has 0 saturated carbocycles. The molecule has 10 heteroatoms. The number of aromatic nitrogens is 1. The van der Waals surface area contributed by atoms with Gasteiger partial charge in [0.05, 0.1) is 21.3 Å². The number of rotatable bonds is 5. The summed E-state index contributed by atoms with van der Waals surface area (Å²) in [6.45, 7) is 2.97. The predicted molar refractivity (Wildman–Crippen MR) is 110 cm³/mol. The van der Waals surface area contributed by atoms with Gasteiger partial charge in [-0.25, -0.2) is 20.8 Å². The average molecular weight is 459 g/mol. The van der Waals surface area contributed by atoms with E-state index in [1.807, 2.05) is 0 Å². The number of halogens is 2. The van der Waals surface area contributed by atoms with Gasteiger partial charge in [-0.05, 0) is 50.2 Å². The average Bonchev–Trinajstić information content (AvgIpc) is 2.94. The Hall–Kier alpha value is -2.00. The smallest absolute Gasteiger partial charge is 0.268 e. The molecule has 0 fully saturated rings. The van der Waals surface area contributed by atoms with Crippen molar-refractivity contribution in [3.05, 3.63) is 76.0 Å². The largest absolute Gasteiger partial charge is 0.278 e. The molecule has 0 radical (unpaired) electrons. The third-order valence-electron chi connectivity index (χ3n) is 4.07. The second-order valence-electron chi connectivity index (χ2n) is 6.05. The van der Waals surface area contributed by atoms with Gasteiger partial charge >= 0.3 is 0 Å². The maximum absolute atomic E-state index is 13.0. The number of sulfonamides is 1. The van der Waals surface area contributed by atoms with Crippen LogP contribution in [0.2, 0.25) is 10.0 Å². The molecule has 0 aliphatic heterocycles. The van der Waals surface area contributed by atoms with Crippen LogP contribution in [0.4, 0.5) is 5.69 Å². The molecular formula is C18H16Cl2N2O4S2. The predicted octanol–water partition coefficient (Wildman–Crippen LogP) is 4.45. The Labute approximate surface area is 173 Å². The van der Waals surface area contributed by atoms with E-state index < -0.39 is 20.0 Å². The zero-order valence-electron chi connectivity index (χ0n) is 14.8. The Morgan fingerprint density at radius 2 is 1.54 bits per heavy atom. The van der Waals surface area contributed by atoms with E-state index in [9.17, 15) is 16.8 Å². The highest BCUT2D eigenvalue weighted by Crippen LogP contribution is 2.30. The summed E-state index contributed by atoms with van der Waals surface area (Å²) in [6, 6.07) is 13.4. The molecule has 6 nitrogen and oxygen atoms in total. The van der Waals surface area contributed by atoms with Gasteiger partial charge in [-0.3, -0.25) is 4.72 Å². The van der Waals surface area contributed by atoms with Crippen molar-refractivity contribution in [2.75, 3.05) is 4.72 Å². The van der Waals surface area contributed by atoms with E-state index in [4.69, 9.17) is 23.2 Å². The van der Waals surface area contributed by atoms with E-state index in [2.05, 4.69) is 4.72 Å². The standard InChI is InChI=1S/C18H16Cl2N2O4S2/c1-12-10-18(27(23,24)21-17-9-8-14(19)11-16(17)20)13(2)22(12)28(25,26)15-6-4-3-5-7-15/h3-11,21H,1-2H3. The maximum atomic E-state index is 13.0. The number of hydrogen-bond acceptors (Lipinski definition) is 4. The maximum Gasteiger partial charge on any atom is 0.268 e. The van der Waals surface area contributed by atoms with Crippen LogP contribution in [-0.4, -0.2) is 20.8 Å². The number of aryl methyl sites for hydroxylation is 1. The van der Waals surface area contributed by atoms with Crippen LogP contribution in [0, 0.1) is 13.8 Å². The minimum absolute atomic E-state index is 0.0643. The SMILES string of the molecule is Cc1cc(S(=O)(=O)Nc2ccc(Cl)cc2Cl)c(C)n1S(=O)(=O)c1ccccc1. The zero-order valence-corrected chi connectivity index (χ0v) is 18.0. The van der Waals surface area contributed by atoms with E-state index in [1.54, 1.807) is 18.2 Å². The fourth-order valence-electron chi connectivity index (χ4n) is 2.83. The van der Waals surface area contributed by atoms with Crippen molar-refractivity contribution in [3.8, 4) is 0 Å². The lowest BCUT2D eigenvalue weighted by Crippen LogP contribution is -2.18. The Kier molecular flexibility index (Phi) is 5.51. The van der Waals surface area contributed by atoms with Crippen molar-refractivity contribution < 1.29 is 16.8 Å². The fraction of sp³-hybridized carbons (Fsp3) is 0.111. The molecule has 2 aromatic carbocycles. The summed E-state index contributed by atoms with van der Waals surface area (Å²) in [5.74, 6) is 0. The first kappa shape index (κ1) is 20.7. The third-order valence-corrected chi connectivity index (χ3v) is 8.01. The van der Waals surface area contributed by atoms with Crippen LogP contribution < -0.4 is 4.72 Å². The van der Waals surface area contributed by atoms with Gasteiger partial charge in [0.2, 0.25) is 0 Å². The van der Waals surface area contributed by atoms with E-state index in [0.29, 0.717) is 5.02 Å². The number of benzene rings is 2. The number of nitrogens with zero attached hydrogens (tertiary/aromatic N) is 1. The quantitative estimate of drug-likeness (QED) is 0.611. The lowest BCUT2D eigenvalue weighted by molar-refractivity contribution is 0.584. The van der Waals surface area contributed by atoms with Crippen molar-refractivity contribution in [1.82, 2.24) is 3.97 Å². The van der Waals surface area contributed by atoms with E-state index in [-0.39, 0.29) is 31.9 Å². The molecular weight excluding hydrogens is 443 g/mol. The molecule has 0 amide bonds. The summed E-state index contributed by atoms with van der Waals surface area (Å²) in [5, 5.41) is 0.488. The van der Waals surface area contributed by atoms with Gasteiger partial charge in [-0.15, -0.1) is 0 Å². The highest BCUT2D eigenvalue weighted by atomic mass is 35.5. The van der Waals surface area contributed by atoms with Crippen LogP contribution in [0.25, 0.3) is 0 Å². The van der Waals surface area contributed by atoms with Gasteiger partial charge in [0.15, 0.2) is 0 Å². The Balaban J connectivity index is 2.08. The van der Waals surface area contributed by atoms with Crippen LogP contribution >= 0.6 is 23.2 Å². The topological polar surface area (TPSA) is 85.2 Å². The molecule has 28 heavy (non-hydrogen) atoms. The van der Waals surface area contributed by atoms with Crippen molar-refractivity contribution in [3.63, 3.8) is 0 Å². The van der Waals surface area contributed by atoms with Crippen LogP contribution in [0.1, 0.15) is 11.4 Å². The molecule has 1 aromatic heterocycles. The molecule has 1 heterocycles. The summed E-state index contributed by atoms with van der Waals surface area (Å²) in [7, 11) is -8.03. The summed E-state index contributed by atoms with van der Waals surface area (Å²) < 4.78 is 55.1. The third kappa shape index (κ3) is 3.77. The Morgan fingerprint density at radius 3 is 2.14 bits per heavy atom. The van der Waals surface area contributed by atoms with Crippen molar-refractivity contribution in [2.24, 2.45) is 0 Å². The molecule has 0 atom stereocenters. The van der Waals surface area contributed by atoms with E-state index >= 15 is 0 Å². The molecule has 3 rings (SSSR count). The second kappa shape index (κ2) is 7.44. The normalized spacial score (nSPS) is 12.1. The van der Waals surface area contributed by atoms with Crippen molar-refractivity contribution in [2.45, 2.75) is 23.6 Å².